The number of hydrogen-bond donors (Lipinski definition) is 2. The van der Waals surface area contributed by atoms with E-state index in [1.54, 1.807) is 13.3 Å². The van der Waals surface area contributed by atoms with Gasteiger partial charge in [-0.15, -0.1) is 0 Å². The van der Waals surface area contributed by atoms with E-state index < -0.39 is 6.10 Å². The van der Waals surface area contributed by atoms with Gasteiger partial charge >= 0.3 is 0 Å². The molecule has 0 spiro atoms. The maximum absolute atomic E-state index is 11.1. The van der Waals surface area contributed by atoms with Crippen molar-refractivity contribution in [3.8, 4) is 5.75 Å². The highest BCUT2D eigenvalue weighted by Crippen LogP contribution is 2.40. The van der Waals surface area contributed by atoms with Crippen molar-refractivity contribution in [2.75, 3.05) is 39.1 Å². The molecule has 2 fully saturated rings. The van der Waals surface area contributed by atoms with Crippen LogP contribution in [0, 0.1) is 5.41 Å². The van der Waals surface area contributed by atoms with Gasteiger partial charge in [-0.3, -0.25) is 4.98 Å². The van der Waals surface area contributed by atoms with Crippen molar-refractivity contribution in [3.05, 3.63) is 35.0 Å². The van der Waals surface area contributed by atoms with Crippen LogP contribution < -0.4 is 4.74 Å². The lowest BCUT2D eigenvalue weighted by Crippen LogP contribution is -2.42. The Labute approximate surface area is 213 Å². The largest absolute Gasteiger partial charge is 0.497 e. The molecule has 0 amide bonds. The van der Waals surface area contributed by atoms with E-state index in [0.717, 1.165) is 55.0 Å². The van der Waals surface area contributed by atoms with Crippen LogP contribution in [0.25, 0.3) is 10.9 Å². The van der Waals surface area contributed by atoms with Crippen LogP contribution in [0.2, 0.25) is 5.02 Å². The van der Waals surface area contributed by atoms with E-state index in [4.69, 9.17) is 16.3 Å². The number of aliphatic hydroxyl groups is 2. The first-order valence-corrected chi connectivity index (χ1v) is 14.2. The van der Waals surface area contributed by atoms with Crippen molar-refractivity contribution in [1.29, 1.82) is 0 Å². The van der Waals surface area contributed by atoms with Gasteiger partial charge in [-0.05, 0) is 93.9 Å². The number of piperidine rings is 1. The highest BCUT2D eigenvalue weighted by Gasteiger charge is 2.34. The van der Waals surface area contributed by atoms with E-state index in [1.807, 2.05) is 18.2 Å². The molecular weight excluding hydrogens is 468 g/mol. The van der Waals surface area contributed by atoms with E-state index in [1.165, 1.54) is 37.9 Å². The first kappa shape index (κ1) is 26.0. The van der Waals surface area contributed by atoms with Crippen LogP contribution in [0.15, 0.2) is 24.4 Å². The Morgan fingerprint density at radius 2 is 2.03 bits per heavy atom. The number of aromatic nitrogens is 1. The van der Waals surface area contributed by atoms with Crippen LogP contribution >= 0.6 is 23.4 Å². The standard InChI is InChI=1S/C27H39ClN2O3S/c1-33-20-7-8-24-22(17-20)26(23(28)18-29-24)25(32)9-10-27(19-31)11-14-30(15-12-27)13-4-16-34-21-5-2-3-6-21/h7-8,17-18,21,25,31-32H,2-6,9-16,19H2,1H3/t25-/m1/s1. The zero-order chi connectivity index (χ0) is 24.0. The topological polar surface area (TPSA) is 65.8 Å². The fraction of sp³-hybridized carbons (Fsp3) is 0.667. The molecule has 1 aromatic heterocycles. The maximum Gasteiger partial charge on any atom is 0.119 e. The molecule has 0 radical (unpaired) electrons. The number of nitrogens with zero attached hydrogens (tertiary/aromatic N) is 2. The molecular formula is C27H39ClN2O3S. The van der Waals surface area contributed by atoms with Crippen molar-refractivity contribution in [1.82, 2.24) is 9.88 Å². The summed E-state index contributed by atoms with van der Waals surface area (Å²) in [6.07, 6.45) is 11.1. The first-order valence-electron chi connectivity index (χ1n) is 12.8. The number of likely N-dealkylation sites (tertiary alicyclic amines) is 1. The molecule has 188 valence electrons. The van der Waals surface area contributed by atoms with Gasteiger partial charge in [0.15, 0.2) is 0 Å². The molecule has 34 heavy (non-hydrogen) atoms. The molecule has 1 aromatic carbocycles. The Morgan fingerprint density at radius 1 is 1.26 bits per heavy atom. The zero-order valence-electron chi connectivity index (χ0n) is 20.3. The molecule has 1 aliphatic carbocycles. The molecule has 1 saturated carbocycles. The summed E-state index contributed by atoms with van der Waals surface area (Å²) in [7, 11) is 1.63. The summed E-state index contributed by atoms with van der Waals surface area (Å²) in [5, 5.41) is 23.6. The highest BCUT2D eigenvalue weighted by molar-refractivity contribution is 7.99. The fourth-order valence-electron chi connectivity index (χ4n) is 5.55. The lowest BCUT2D eigenvalue weighted by Gasteiger charge is -2.41. The van der Waals surface area contributed by atoms with E-state index in [-0.39, 0.29) is 12.0 Å². The SMILES string of the molecule is COc1ccc2ncc(Cl)c([C@H](O)CCC3(CO)CCN(CCCSC4CCCC4)CC3)c2c1. The number of fused-ring (bicyclic) bond motifs is 1. The van der Waals surface area contributed by atoms with Crippen LogP contribution in [0.4, 0.5) is 0 Å². The van der Waals surface area contributed by atoms with E-state index >= 15 is 0 Å². The second kappa shape index (κ2) is 12.3. The first-order chi connectivity index (χ1) is 16.5. The smallest absolute Gasteiger partial charge is 0.119 e. The minimum atomic E-state index is -0.709. The normalized spacial score (nSPS) is 20.1. The van der Waals surface area contributed by atoms with Gasteiger partial charge in [0.25, 0.3) is 0 Å². The number of thioether (sulfide) groups is 1. The van der Waals surface area contributed by atoms with E-state index in [0.29, 0.717) is 22.8 Å². The number of halogens is 1. The number of hydrogen-bond acceptors (Lipinski definition) is 6. The second-order valence-electron chi connectivity index (χ2n) is 10.1. The third-order valence-electron chi connectivity index (χ3n) is 7.88. The van der Waals surface area contributed by atoms with Crippen LogP contribution in [-0.2, 0) is 0 Å². The molecule has 0 unspecified atom stereocenters. The monoisotopic (exact) mass is 506 g/mol. The highest BCUT2D eigenvalue weighted by atomic mass is 35.5. The van der Waals surface area contributed by atoms with Crippen molar-refractivity contribution in [3.63, 3.8) is 0 Å². The number of aliphatic hydroxyl groups excluding tert-OH is 2. The summed E-state index contributed by atoms with van der Waals surface area (Å²) in [5.41, 5.74) is 1.37. The van der Waals surface area contributed by atoms with Crippen LogP contribution in [0.1, 0.15) is 69.5 Å². The predicted octanol–water partition coefficient (Wildman–Crippen LogP) is 5.85. The Kier molecular flexibility index (Phi) is 9.39. The average Bonchev–Trinajstić information content (AvgIpc) is 3.39. The van der Waals surface area contributed by atoms with Gasteiger partial charge in [-0.1, -0.05) is 24.4 Å². The summed E-state index contributed by atoms with van der Waals surface area (Å²) < 4.78 is 5.36. The molecule has 2 aliphatic rings. The summed E-state index contributed by atoms with van der Waals surface area (Å²) in [4.78, 5) is 6.95. The molecule has 1 saturated heterocycles. The minimum Gasteiger partial charge on any atom is -0.497 e. The Morgan fingerprint density at radius 3 is 2.74 bits per heavy atom. The molecule has 1 aliphatic heterocycles. The van der Waals surface area contributed by atoms with Gasteiger partial charge in [-0.2, -0.15) is 11.8 Å². The van der Waals surface area contributed by atoms with Gasteiger partial charge in [0.2, 0.25) is 0 Å². The van der Waals surface area contributed by atoms with Crippen LogP contribution in [0.5, 0.6) is 5.75 Å². The minimum absolute atomic E-state index is 0.122. The Balaban J connectivity index is 1.30. The Hall–Kier alpha value is -1.05. The van der Waals surface area contributed by atoms with Gasteiger partial charge in [0.1, 0.15) is 5.75 Å². The molecule has 2 N–H and O–H groups in total. The molecule has 5 nitrogen and oxygen atoms in total. The molecule has 0 bridgehead atoms. The van der Waals surface area contributed by atoms with Crippen molar-refractivity contribution in [2.24, 2.45) is 5.41 Å². The molecule has 4 rings (SSSR count). The van der Waals surface area contributed by atoms with Crippen LogP contribution in [-0.4, -0.2) is 64.5 Å². The van der Waals surface area contributed by atoms with Crippen molar-refractivity contribution < 1.29 is 14.9 Å². The number of ether oxygens (including phenoxy) is 1. The fourth-order valence-corrected chi connectivity index (χ4v) is 7.12. The predicted molar refractivity (Wildman–Crippen MR) is 142 cm³/mol. The Bertz CT molecular complexity index is 929. The summed E-state index contributed by atoms with van der Waals surface area (Å²) in [6, 6.07) is 5.64. The number of rotatable bonds is 11. The summed E-state index contributed by atoms with van der Waals surface area (Å²) in [6.45, 7) is 3.38. The maximum atomic E-state index is 11.1. The summed E-state index contributed by atoms with van der Waals surface area (Å²) in [5.74, 6) is 1.98. The average molecular weight is 507 g/mol. The number of methoxy groups -OCH3 is 1. The lowest BCUT2D eigenvalue weighted by molar-refractivity contribution is 0.0238. The zero-order valence-corrected chi connectivity index (χ0v) is 21.9. The summed E-state index contributed by atoms with van der Waals surface area (Å²) >= 11 is 8.66. The molecule has 7 heteroatoms. The van der Waals surface area contributed by atoms with Crippen molar-refractivity contribution >= 4 is 34.3 Å². The number of benzene rings is 1. The molecule has 2 aromatic rings. The van der Waals surface area contributed by atoms with Gasteiger partial charge in [-0.25, -0.2) is 0 Å². The van der Waals surface area contributed by atoms with Gasteiger partial charge in [0.05, 0.1) is 23.8 Å². The van der Waals surface area contributed by atoms with Crippen LogP contribution in [0.3, 0.4) is 0 Å². The molecule has 1 atom stereocenters. The molecule has 2 heterocycles. The van der Waals surface area contributed by atoms with Gasteiger partial charge < -0.3 is 19.8 Å². The third kappa shape index (κ3) is 6.38. The lowest BCUT2D eigenvalue weighted by atomic mass is 9.74. The van der Waals surface area contributed by atoms with E-state index in [2.05, 4.69) is 21.6 Å². The van der Waals surface area contributed by atoms with Gasteiger partial charge in [0, 0.05) is 29.0 Å². The second-order valence-corrected chi connectivity index (χ2v) is 11.9. The van der Waals surface area contributed by atoms with E-state index in [9.17, 15) is 10.2 Å². The number of pyridine rings is 1. The van der Waals surface area contributed by atoms with Crippen molar-refractivity contribution in [2.45, 2.75) is 69.1 Å². The quantitative estimate of drug-likeness (QED) is 0.372. The third-order valence-corrected chi connectivity index (χ3v) is 9.64.